The van der Waals surface area contributed by atoms with Crippen molar-refractivity contribution in [1.29, 1.82) is 0 Å². The molecular weight excluding hydrogens is 232 g/mol. The van der Waals surface area contributed by atoms with E-state index < -0.39 is 5.97 Å². The van der Waals surface area contributed by atoms with Gasteiger partial charge in [0.05, 0.1) is 12.8 Å². The first-order valence-electron chi connectivity index (χ1n) is 5.52. The molecule has 0 atom stereocenters. The molecule has 92 valence electrons. The molecule has 2 rings (SSSR count). The molecule has 0 saturated carbocycles. The van der Waals surface area contributed by atoms with Crippen LogP contribution >= 0.6 is 0 Å². The highest BCUT2D eigenvalue weighted by molar-refractivity contribution is 5.88. The van der Waals surface area contributed by atoms with Crippen molar-refractivity contribution in [2.75, 3.05) is 6.61 Å². The lowest BCUT2D eigenvalue weighted by atomic mass is 10.2. The molecule has 5 heteroatoms. The zero-order valence-corrected chi connectivity index (χ0v) is 9.87. The fourth-order valence-electron chi connectivity index (χ4n) is 1.60. The fraction of sp³-hybridized carbons (Fsp3) is 0.154. The zero-order chi connectivity index (χ0) is 13.0. The van der Waals surface area contributed by atoms with Crippen LogP contribution in [-0.4, -0.2) is 28.2 Å². The fourth-order valence-corrected chi connectivity index (χ4v) is 1.60. The van der Waals surface area contributed by atoms with Gasteiger partial charge in [0.25, 0.3) is 0 Å². The minimum absolute atomic E-state index is 0.316. The summed E-state index contributed by atoms with van der Waals surface area (Å²) >= 11 is 0. The number of aldehydes is 1. The van der Waals surface area contributed by atoms with Crippen LogP contribution in [-0.2, 0) is 9.53 Å². The van der Waals surface area contributed by atoms with E-state index >= 15 is 0 Å². The highest BCUT2D eigenvalue weighted by Gasteiger charge is 2.12. The lowest BCUT2D eigenvalue weighted by molar-refractivity contribution is -0.104. The van der Waals surface area contributed by atoms with Gasteiger partial charge in [-0.3, -0.25) is 9.20 Å². The molecule has 5 nitrogen and oxygen atoms in total. The summed E-state index contributed by atoms with van der Waals surface area (Å²) in [5.41, 5.74) is 1.83. The van der Waals surface area contributed by atoms with Crippen LogP contribution in [0.15, 0.2) is 30.6 Å². The molecule has 0 aliphatic carbocycles. The van der Waals surface area contributed by atoms with Crippen LogP contribution in [0.2, 0.25) is 0 Å². The molecule has 0 fully saturated rings. The highest BCUT2D eigenvalue weighted by atomic mass is 16.5. The number of allylic oxidation sites excluding steroid dienone is 1. The molecule has 0 bridgehead atoms. The van der Waals surface area contributed by atoms with Crippen molar-refractivity contribution < 1.29 is 14.3 Å². The Balaban J connectivity index is 2.46. The van der Waals surface area contributed by atoms with E-state index in [0.717, 1.165) is 5.56 Å². The van der Waals surface area contributed by atoms with Crippen LogP contribution in [0, 0.1) is 0 Å². The average molecular weight is 244 g/mol. The van der Waals surface area contributed by atoms with Crippen molar-refractivity contribution in [3.63, 3.8) is 0 Å². The molecule has 0 aromatic carbocycles. The summed E-state index contributed by atoms with van der Waals surface area (Å²) in [5.74, 6) is -0.415. The van der Waals surface area contributed by atoms with E-state index in [1.165, 1.54) is 12.3 Å². The summed E-state index contributed by atoms with van der Waals surface area (Å²) in [4.78, 5) is 26.1. The molecule has 0 unspecified atom stereocenters. The van der Waals surface area contributed by atoms with E-state index in [4.69, 9.17) is 4.74 Å². The minimum Gasteiger partial charge on any atom is -0.461 e. The molecule has 0 aliphatic rings. The predicted molar refractivity (Wildman–Crippen MR) is 66.2 cm³/mol. The molecule has 2 heterocycles. The Kier molecular flexibility index (Phi) is 3.52. The first kappa shape index (κ1) is 12.0. The third-order valence-corrected chi connectivity index (χ3v) is 2.38. The van der Waals surface area contributed by atoms with E-state index in [2.05, 4.69) is 4.98 Å². The summed E-state index contributed by atoms with van der Waals surface area (Å²) < 4.78 is 6.58. The number of fused-ring (bicyclic) bond motifs is 1. The number of rotatable bonds is 4. The van der Waals surface area contributed by atoms with Gasteiger partial charge in [0.1, 0.15) is 11.9 Å². The van der Waals surface area contributed by atoms with Crippen LogP contribution in [0.1, 0.15) is 23.0 Å². The third-order valence-electron chi connectivity index (χ3n) is 2.38. The SMILES string of the molecule is CCOC(=O)c1cnc2ccc(C=CC=O)cn12. The van der Waals surface area contributed by atoms with E-state index in [1.54, 1.807) is 29.7 Å². The number of pyridine rings is 1. The number of imidazole rings is 1. The second-order valence-electron chi connectivity index (χ2n) is 3.55. The van der Waals surface area contributed by atoms with Gasteiger partial charge in [-0.05, 0) is 30.7 Å². The number of hydrogen-bond acceptors (Lipinski definition) is 4. The number of carbonyl (C=O) groups is 2. The monoisotopic (exact) mass is 244 g/mol. The number of carbonyl (C=O) groups excluding carboxylic acids is 2. The van der Waals surface area contributed by atoms with Crippen molar-refractivity contribution in [2.24, 2.45) is 0 Å². The van der Waals surface area contributed by atoms with Crippen molar-refractivity contribution in [1.82, 2.24) is 9.38 Å². The summed E-state index contributed by atoms with van der Waals surface area (Å²) in [5, 5.41) is 0. The Bertz CT molecular complexity index is 614. The second kappa shape index (κ2) is 5.27. The molecular formula is C13H12N2O3. The number of ether oxygens (including phenoxy) is 1. The molecule has 18 heavy (non-hydrogen) atoms. The lowest BCUT2D eigenvalue weighted by Gasteiger charge is -2.02. The van der Waals surface area contributed by atoms with Crippen LogP contribution in [0.3, 0.4) is 0 Å². The Morgan fingerprint density at radius 1 is 1.50 bits per heavy atom. The highest BCUT2D eigenvalue weighted by Crippen LogP contribution is 2.11. The Morgan fingerprint density at radius 3 is 3.06 bits per heavy atom. The van der Waals surface area contributed by atoms with E-state index in [0.29, 0.717) is 24.2 Å². The van der Waals surface area contributed by atoms with Crippen LogP contribution in [0.25, 0.3) is 11.7 Å². The Hall–Kier alpha value is -2.43. The van der Waals surface area contributed by atoms with Gasteiger partial charge in [0, 0.05) is 6.20 Å². The van der Waals surface area contributed by atoms with Gasteiger partial charge >= 0.3 is 5.97 Å². The van der Waals surface area contributed by atoms with Crippen LogP contribution in [0.4, 0.5) is 0 Å². The maximum Gasteiger partial charge on any atom is 0.356 e. The maximum absolute atomic E-state index is 11.7. The van der Waals surface area contributed by atoms with Gasteiger partial charge in [-0.1, -0.05) is 6.08 Å². The zero-order valence-electron chi connectivity index (χ0n) is 9.87. The number of esters is 1. The van der Waals surface area contributed by atoms with Gasteiger partial charge in [0.2, 0.25) is 0 Å². The minimum atomic E-state index is -0.415. The molecule has 0 amide bonds. The van der Waals surface area contributed by atoms with Crippen LogP contribution < -0.4 is 0 Å². The Morgan fingerprint density at radius 2 is 2.33 bits per heavy atom. The molecule has 0 N–H and O–H groups in total. The molecule has 0 radical (unpaired) electrons. The van der Waals surface area contributed by atoms with E-state index in [-0.39, 0.29) is 0 Å². The second-order valence-corrected chi connectivity index (χ2v) is 3.55. The molecule has 0 saturated heterocycles. The summed E-state index contributed by atoms with van der Waals surface area (Å²) in [7, 11) is 0. The molecule has 0 spiro atoms. The standard InChI is InChI=1S/C13H12N2O3/c1-2-18-13(17)11-8-14-12-6-5-10(4-3-7-16)9-15(11)12/h3-9H,2H2,1H3. The smallest absolute Gasteiger partial charge is 0.356 e. The van der Waals surface area contributed by atoms with Crippen molar-refractivity contribution in [2.45, 2.75) is 6.92 Å². The number of nitrogens with zero attached hydrogens (tertiary/aromatic N) is 2. The quantitative estimate of drug-likeness (QED) is 0.467. The molecule has 2 aromatic rings. The topological polar surface area (TPSA) is 60.7 Å². The summed E-state index contributed by atoms with van der Waals surface area (Å²) in [6, 6.07) is 3.59. The predicted octanol–water partition coefficient (Wildman–Crippen LogP) is 1.72. The normalized spacial score (nSPS) is 10.9. The van der Waals surface area contributed by atoms with Crippen molar-refractivity contribution in [3.05, 3.63) is 41.9 Å². The van der Waals surface area contributed by atoms with Gasteiger partial charge in [-0.25, -0.2) is 9.78 Å². The van der Waals surface area contributed by atoms with Crippen molar-refractivity contribution in [3.8, 4) is 0 Å². The third kappa shape index (κ3) is 2.29. The largest absolute Gasteiger partial charge is 0.461 e. The first-order valence-corrected chi connectivity index (χ1v) is 5.52. The Labute approximate surface area is 104 Å². The lowest BCUT2D eigenvalue weighted by Crippen LogP contribution is -2.07. The van der Waals surface area contributed by atoms with Crippen molar-refractivity contribution >= 4 is 24.0 Å². The molecule has 0 aliphatic heterocycles. The van der Waals surface area contributed by atoms with Gasteiger partial charge in [-0.15, -0.1) is 0 Å². The van der Waals surface area contributed by atoms with Crippen LogP contribution in [0.5, 0.6) is 0 Å². The number of hydrogen-bond donors (Lipinski definition) is 0. The van der Waals surface area contributed by atoms with Gasteiger partial charge in [0.15, 0.2) is 5.69 Å². The summed E-state index contributed by atoms with van der Waals surface area (Å²) in [6.45, 7) is 2.07. The maximum atomic E-state index is 11.7. The number of aromatic nitrogens is 2. The molecule has 2 aromatic heterocycles. The van der Waals surface area contributed by atoms with Gasteiger partial charge in [-0.2, -0.15) is 0 Å². The van der Waals surface area contributed by atoms with E-state index in [1.807, 2.05) is 6.07 Å². The summed E-state index contributed by atoms with van der Waals surface area (Å²) in [6.07, 6.45) is 6.95. The van der Waals surface area contributed by atoms with Gasteiger partial charge < -0.3 is 4.74 Å². The first-order chi connectivity index (χ1) is 8.76. The van der Waals surface area contributed by atoms with E-state index in [9.17, 15) is 9.59 Å². The average Bonchev–Trinajstić information content (AvgIpc) is 2.79.